The van der Waals surface area contributed by atoms with E-state index in [2.05, 4.69) is 15.4 Å². The van der Waals surface area contributed by atoms with Crippen molar-refractivity contribution in [3.8, 4) is 5.75 Å². The van der Waals surface area contributed by atoms with Gasteiger partial charge in [0.2, 0.25) is 0 Å². The highest BCUT2D eigenvalue weighted by molar-refractivity contribution is 7.22. The fourth-order valence-corrected chi connectivity index (χ4v) is 3.12. The Morgan fingerprint density at radius 1 is 1.42 bits per heavy atom. The molecule has 2 aromatic heterocycles. The number of aromatic carboxylic acids is 1. The molecule has 0 aliphatic rings. The van der Waals surface area contributed by atoms with Crippen molar-refractivity contribution >= 4 is 38.6 Å². The zero-order valence-corrected chi connectivity index (χ0v) is 13.8. The predicted octanol–water partition coefficient (Wildman–Crippen LogP) is 2.38. The van der Waals surface area contributed by atoms with E-state index in [9.17, 15) is 9.59 Å². The number of carbonyl (C=O) groups excluding carboxylic acids is 1. The van der Waals surface area contributed by atoms with Crippen LogP contribution in [0, 0.1) is 0 Å². The molecule has 0 saturated carbocycles. The normalized spacial score (nSPS) is 10.8. The number of fused-ring (bicyclic) bond motifs is 1. The van der Waals surface area contributed by atoms with Gasteiger partial charge in [-0.15, -0.1) is 0 Å². The lowest BCUT2D eigenvalue weighted by Gasteiger charge is -2.03. The third-order valence-electron chi connectivity index (χ3n) is 3.28. The van der Waals surface area contributed by atoms with Crippen molar-refractivity contribution in [2.75, 3.05) is 11.9 Å². The van der Waals surface area contributed by atoms with Crippen molar-refractivity contribution in [3.63, 3.8) is 0 Å². The Balaban J connectivity index is 1.88. The van der Waals surface area contributed by atoms with Gasteiger partial charge in [0.1, 0.15) is 17.0 Å². The van der Waals surface area contributed by atoms with Crippen molar-refractivity contribution in [2.45, 2.75) is 6.92 Å². The molecule has 8 nitrogen and oxygen atoms in total. The molecule has 0 atom stereocenters. The summed E-state index contributed by atoms with van der Waals surface area (Å²) in [5, 5.41) is 15.9. The maximum absolute atomic E-state index is 12.4. The number of carbonyl (C=O) groups is 2. The van der Waals surface area contributed by atoms with Gasteiger partial charge >= 0.3 is 5.97 Å². The molecule has 0 aliphatic heterocycles. The van der Waals surface area contributed by atoms with Crippen molar-refractivity contribution in [3.05, 3.63) is 35.7 Å². The summed E-state index contributed by atoms with van der Waals surface area (Å²) in [5.74, 6) is -1.05. The van der Waals surface area contributed by atoms with E-state index >= 15 is 0 Å². The van der Waals surface area contributed by atoms with Gasteiger partial charge in [0.05, 0.1) is 23.0 Å². The molecule has 124 valence electrons. The van der Waals surface area contributed by atoms with Crippen LogP contribution in [0.1, 0.15) is 27.8 Å². The number of rotatable bonds is 5. The maximum Gasteiger partial charge on any atom is 0.339 e. The number of hydrogen-bond donors (Lipinski definition) is 2. The highest BCUT2D eigenvalue weighted by Gasteiger charge is 2.22. The third-order valence-corrected chi connectivity index (χ3v) is 4.21. The Morgan fingerprint density at radius 2 is 2.21 bits per heavy atom. The molecule has 1 aromatic carbocycles. The number of thiazole rings is 1. The zero-order valence-electron chi connectivity index (χ0n) is 12.9. The summed E-state index contributed by atoms with van der Waals surface area (Å²) >= 11 is 1.28. The third kappa shape index (κ3) is 2.93. The fourth-order valence-electron chi connectivity index (χ4n) is 2.23. The zero-order chi connectivity index (χ0) is 17.3. The Bertz CT molecular complexity index is 931. The number of aryl methyl sites for hydroxylation is 1. The maximum atomic E-state index is 12.4. The van der Waals surface area contributed by atoms with Gasteiger partial charge in [-0.25, -0.2) is 9.78 Å². The fraction of sp³-hybridized carbons (Fsp3) is 0.200. The van der Waals surface area contributed by atoms with Gasteiger partial charge in [-0.2, -0.15) is 5.10 Å². The van der Waals surface area contributed by atoms with Gasteiger partial charge in [-0.1, -0.05) is 11.3 Å². The number of nitrogens with zero attached hydrogens (tertiary/aromatic N) is 3. The summed E-state index contributed by atoms with van der Waals surface area (Å²) in [5.41, 5.74) is 0.536. The number of nitrogens with one attached hydrogen (secondary N) is 1. The van der Waals surface area contributed by atoms with Crippen LogP contribution in [0.2, 0.25) is 0 Å². The van der Waals surface area contributed by atoms with Crippen LogP contribution in [0.5, 0.6) is 5.75 Å². The summed E-state index contributed by atoms with van der Waals surface area (Å²) in [6.07, 6.45) is 1.14. The Hall–Kier alpha value is -2.94. The van der Waals surface area contributed by atoms with E-state index in [1.165, 1.54) is 23.1 Å². The molecule has 2 N–H and O–H groups in total. The highest BCUT2D eigenvalue weighted by Crippen LogP contribution is 2.29. The molecule has 3 aromatic rings. The summed E-state index contributed by atoms with van der Waals surface area (Å²) in [6, 6.07) is 5.46. The molecule has 0 unspecified atom stereocenters. The van der Waals surface area contributed by atoms with Crippen LogP contribution < -0.4 is 10.1 Å². The topological polar surface area (TPSA) is 106 Å². The first-order valence-electron chi connectivity index (χ1n) is 7.09. The van der Waals surface area contributed by atoms with Crippen LogP contribution in [-0.4, -0.2) is 38.4 Å². The van der Waals surface area contributed by atoms with Gasteiger partial charge in [0.15, 0.2) is 5.13 Å². The monoisotopic (exact) mass is 346 g/mol. The number of anilines is 1. The number of benzene rings is 1. The van der Waals surface area contributed by atoms with Gasteiger partial charge in [0, 0.05) is 7.05 Å². The largest absolute Gasteiger partial charge is 0.494 e. The molecule has 24 heavy (non-hydrogen) atoms. The summed E-state index contributed by atoms with van der Waals surface area (Å²) in [6.45, 7) is 2.46. The van der Waals surface area contributed by atoms with Crippen LogP contribution >= 0.6 is 11.3 Å². The minimum Gasteiger partial charge on any atom is -0.494 e. The Morgan fingerprint density at radius 3 is 2.92 bits per heavy atom. The molecule has 0 fully saturated rings. The van der Waals surface area contributed by atoms with Crippen molar-refractivity contribution in [1.82, 2.24) is 14.8 Å². The predicted molar refractivity (Wildman–Crippen MR) is 88.9 cm³/mol. The van der Waals surface area contributed by atoms with E-state index in [1.807, 2.05) is 13.0 Å². The number of ether oxygens (including phenoxy) is 1. The van der Waals surface area contributed by atoms with Crippen molar-refractivity contribution < 1.29 is 19.4 Å². The van der Waals surface area contributed by atoms with Gasteiger partial charge in [-0.05, 0) is 25.1 Å². The van der Waals surface area contributed by atoms with Gasteiger partial charge in [0.25, 0.3) is 5.91 Å². The first kappa shape index (κ1) is 15.9. The molecular weight excluding hydrogens is 332 g/mol. The second-order valence-electron chi connectivity index (χ2n) is 4.87. The van der Waals surface area contributed by atoms with Crippen molar-refractivity contribution in [1.29, 1.82) is 0 Å². The van der Waals surface area contributed by atoms with E-state index in [0.29, 0.717) is 11.7 Å². The van der Waals surface area contributed by atoms with Crippen molar-refractivity contribution in [2.24, 2.45) is 7.05 Å². The minimum absolute atomic E-state index is 0.0308. The first-order chi connectivity index (χ1) is 11.5. The van der Waals surface area contributed by atoms with Crippen LogP contribution in [0.3, 0.4) is 0 Å². The lowest BCUT2D eigenvalue weighted by atomic mass is 10.2. The van der Waals surface area contributed by atoms with E-state index in [0.717, 1.165) is 22.2 Å². The Kier molecular flexibility index (Phi) is 4.17. The van der Waals surface area contributed by atoms with Crippen LogP contribution in [0.4, 0.5) is 5.13 Å². The highest BCUT2D eigenvalue weighted by atomic mass is 32.1. The number of carboxylic acid groups (broad SMARTS) is 1. The molecule has 9 heteroatoms. The minimum atomic E-state index is -1.21. The molecule has 2 heterocycles. The SMILES string of the molecule is CCOc1ccc2nc(NC(=O)c3c(C(=O)O)cnn3C)sc2c1. The number of amides is 1. The molecule has 0 saturated heterocycles. The van der Waals surface area contributed by atoms with E-state index < -0.39 is 11.9 Å². The molecule has 1 amide bonds. The second-order valence-corrected chi connectivity index (χ2v) is 5.90. The number of aromatic nitrogens is 3. The van der Waals surface area contributed by atoms with E-state index in [-0.39, 0.29) is 11.3 Å². The van der Waals surface area contributed by atoms with Gasteiger partial charge in [-0.3, -0.25) is 14.8 Å². The molecule has 0 radical (unpaired) electrons. The summed E-state index contributed by atoms with van der Waals surface area (Å²) in [7, 11) is 1.51. The lowest BCUT2D eigenvalue weighted by molar-refractivity contribution is 0.0692. The van der Waals surface area contributed by atoms with Crippen LogP contribution in [0.25, 0.3) is 10.2 Å². The summed E-state index contributed by atoms with van der Waals surface area (Å²) in [4.78, 5) is 27.9. The van der Waals surface area contributed by atoms with Gasteiger partial charge < -0.3 is 9.84 Å². The molecular formula is C15H14N4O4S. The smallest absolute Gasteiger partial charge is 0.339 e. The Labute approximate surface area is 140 Å². The average Bonchev–Trinajstić information content (AvgIpc) is 3.10. The molecule has 3 rings (SSSR count). The van der Waals surface area contributed by atoms with Crippen LogP contribution in [-0.2, 0) is 7.05 Å². The molecule has 0 aliphatic carbocycles. The first-order valence-corrected chi connectivity index (χ1v) is 7.91. The van der Waals surface area contributed by atoms with E-state index in [1.54, 1.807) is 12.1 Å². The molecule has 0 bridgehead atoms. The average molecular weight is 346 g/mol. The quantitative estimate of drug-likeness (QED) is 0.734. The van der Waals surface area contributed by atoms with Crippen LogP contribution in [0.15, 0.2) is 24.4 Å². The standard InChI is InChI=1S/C15H14N4O4S/c1-3-23-8-4-5-10-11(6-8)24-15(17-10)18-13(20)12-9(14(21)22)7-16-19(12)2/h4-7H,3H2,1-2H3,(H,21,22)(H,17,18,20). The van der Waals surface area contributed by atoms with E-state index in [4.69, 9.17) is 9.84 Å². The number of carboxylic acids is 1. The number of hydrogen-bond acceptors (Lipinski definition) is 6. The molecule has 0 spiro atoms. The lowest BCUT2D eigenvalue weighted by Crippen LogP contribution is -2.19. The second kappa shape index (κ2) is 6.28. The summed E-state index contributed by atoms with van der Waals surface area (Å²) < 4.78 is 7.52.